The lowest BCUT2D eigenvalue weighted by molar-refractivity contribution is -0.154. The lowest BCUT2D eigenvalue weighted by Gasteiger charge is -2.19. The van der Waals surface area contributed by atoms with Gasteiger partial charge >= 0.3 is 5.97 Å². The molecular weight excluding hydrogens is 234 g/mol. The Hall–Kier alpha value is -2.18. The van der Waals surface area contributed by atoms with Crippen molar-refractivity contribution in [2.75, 3.05) is 5.73 Å². The number of ether oxygens (including phenoxy) is 1. The fraction of sp³-hybridized carbons (Fsp3) is 0.455. The zero-order valence-electron chi connectivity index (χ0n) is 10.5. The number of fused-ring (bicyclic) bond motifs is 1. The summed E-state index contributed by atoms with van der Waals surface area (Å²) in [7, 11) is 0. The van der Waals surface area contributed by atoms with E-state index in [0.29, 0.717) is 17.0 Å². The third-order valence-electron chi connectivity index (χ3n) is 2.07. The molecular formula is C11H15N5O2. The summed E-state index contributed by atoms with van der Waals surface area (Å²) >= 11 is 0. The third kappa shape index (κ3) is 2.73. The molecule has 0 aliphatic carbocycles. The smallest absolute Gasteiger partial charge is 0.314 e. The molecule has 0 bridgehead atoms. The zero-order chi connectivity index (χ0) is 13.3. The fourth-order valence-electron chi connectivity index (χ4n) is 1.49. The number of nitrogens with one attached hydrogen (secondary N) is 1. The molecule has 2 rings (SSSR count). The van der Waals surface area contributed by atoms with Gasteiger partial charge in [-0.25, -0.2) is 15.0 Å². The zero-order valence-corrected chi connectivity index (χ0v) is 10.5. The molecule has 0 radical (unpaired) electrons. The Morgan fingerprint density at radius 2 is 2.17 bits per heavy atom. The minimum atomic E-state index is -0.527. The van der Waals surface area contributed by atoms with Crippen molar-refractivity contribution in [1.29, 1.82) is 0 Å². The summed E-state index contributed by atoms with van der Waals surface area (Å²) in [5.74, 6) is 0.180. The van der Waals surface area contributed by atoms with Crippen LogP contribution in [0.25, 0.3) is 11.2 Å². The highest BCUT2D eigenvalue weighted by molar-refractivity contribution is 5.81. The molecule has 0 aliphatic rings. The molecule has 7 heteroatoms. The lowest BCUT2D eigenvalue weighted by atomic mass is 10.2. The molecule has 2 aromatic heterocycles. The summed E-state index contributed by atoms with van der Waals surface area (Å²) in [6, 6.07) is 0. The number of hydrogen-bond acceptors (Lipinski definition) is 6. The molecule has 7 nitrogen and oxygen atoms in total. The number of nitrogen functional groups attached to an aromatic ring is 1. The number of esters is 1. The van der Waals surface area contributed by atoms with Gasteiger partial charge < -0.3 is 15.5 Å². The van der Waals surface area contributed by atoms with Gasteiger partial charge in [-0.3, -0.25) is 4.79 Å². The first-order valence-electron chi connectivity index (χ1n) is 5.52. The lowest BCUT2D eigenvalue weighted by Crippen LogP contribution is -2.25. The minimum absolute atomic E-state index is 0.0174. The van der Waals surface area contributed by atoms with Crippen LogP contribution in [0.3, 0.4) is 0 Å². The van der Waals surface area contributed by atoms with Gasteiger partial charge in [-0.15, -0.1) is 0 Å². The monoisotopic (exact) mass is 249 g/mol. The number of carbonyl (C=O) groups excluding carboxylic acids is 1. The van der Waals surface area contributed by atoms with Crippen LogP contribution in [0.4, 0.5) is 5.82 Å². The Balaban J connectivity index is 2.19. The van der Waals surface area contributed by atoms with Crippen molar-refractivity contribution in [2.45, 2.75) is 32.8 Å². The van der Waals surface area contributed by atoms with E-state index in [1.54, 1.807) is 20.8 Å². The van der Waals surface area contributed by atoms with Crippen LogP contribution in [0, 0.1) is 0 Å². The summed E-state index contributed by atoms with van der Waals surface area (Å²) in [5, 5.41) is 0. The first-order valence-corrected chi connectivity index (χ1v) is 5.52. The van der Waals surface area contributed by atoms with E-state index in [0.717, 1.165) is 0 Å². The van der Waals surface area contributed by atoms with Crippen molar-refractivity contribution in [3.8, 4) is 0 Å². The molecule has 18 heavy (non-hydrogen) atoms. The second kappa shape index (κ2) is 4.25. The van der Waals surface area contributed by atoms with Gasteiger partial charge in [0.25, 0.3) is 0 Å². The van der Waals surface area contributed by atoms with Crippen LogP contribution in [0.1, 0.15) is 26.6 Å². The van der Waals surface area contributed by atoms with Crippen molar-refractivity contribution in [1.82, 2.24) is 19.9 Å². The fourth-order valence-corrected chi connectivity index (χ4v) is 1.49. The Morgan fingerprint density at radius 1 is 1.44 bits per heavy atom. The molecule has 3 N–H and O–H groups in total. The predicted octanol–water partition coefficient (Wildman–Crippen LogP) is 0.819. The highest BCUT2D eigenvalue weighted by Gasteiger charge is 2.18. The van der Waals surface area contributed by atoms with Crippen molar-refractivity contribution in [3.05, 3.63) is 12.2 Å². The van der Waals surface area contributed by atoms with E-state index in [4.69, 9.17) is 10.5 Å². The van der Waals surface area contributed by atoms with Gasteiger partial charge in [0.15, 0.2) is 11.5 Å². The van der Waals surface area contributed by atoms with Gasteiger partial charge in [0, 0.05) is 0 Å². The van der Waals surface area contributed by atoms with E-state index in [9.17, 15) is 4.79 Å². The molecule has 0 saturated carbocycles. The number of anilines is 1. The van der Waals surface area contributed by atoms with Gasteiger partial charge in [-0.05, 0) is 20.8 Å². The van der Waals surface area contributed by atoms with Gasteiger partial charge in [-0.1, -0.05) is 0 Å². The van der Waals surface area contributed by atoms with Crippen molar-refractivity contribution in [3.63, 3.8) is 0 Å². The summed E-state index contributed by atoms with van der Waals surface area (Å²) in [6.45, 7) is 5.41. The molecule has 0 atom stereocenters. The first-order chi connectivity index (χ1) is 8.35. The van der Waals surface area contributed by atoms with E-state index >= 15 is 0 Å². The van der Waals surface area contributed by atoms with E-state index in [1.165, 1.54) is 6.33 Å². The minimum Gasteiger partial charge on any atom is -0.460 e. The van der Waals surface area contributed by atoms with E-state index in [1.807, 2.05) is 0 Å². The molecule has 0 amide bonds. The number of rotatable bonds is 2. The quantitative estimate of drug-likeness (QED) is 0.763. The second-order valence-corrected chi connectivity index (χ2v) is 4.89. The van der Waals surface area contributed by atoms with Gasteiger partial charge in [0.1, 0.15) is 23.4 Å². The summed E-state index contributed by atoms with van der Waals surface area (Å²) in [5.41, 5.74) is 6.21. The third-order valence-corrected chi connectivity index (χ3v) is 2.07. The first kappa shape index (κ1) is 12.3. The average molecular weight is 249 g/mol. The van der Waals surface area contributed by atoms with Gasteiger partial charge in [0.2, 0.25) is 0 Å². The van der Waals surface area contributed by atoms with Gasteiger partial charge in [0.05, 0.1) is 6.33 Å². The number of imidazole rings is 1. The number of aromatic amines is 1. The standard InChI is InChI=1S/C11H15N5O2/c1-11(2,3)18-7(17)4-6-15-9(12)8-10(16-6)14-5-13-8/h5H,4H2,1-3H3,(H3,12,13,14,15,16). The molecule has 2 aromatic rings. The van der Waals surface area contributed by atoms with Gasteiger partial charge in [-0.2, -0.15) is 0 Å². The Labute approximate surface area is 104 Å². The van der Waals surface area contributed by atoms with Crippen LogP contribution in [-0.4, -0.2) is 31.5 Å². The van der Waals surface area contributed by atoms with Crippen LogP contribution in [0.2, 0.25) is 0 Å². The number of aromatic nitrogens is 4. The largest absolute Gasteiger partial charge is 0.460 e. The van der Waals surface area contributed by atoms with Crippen molar-refractivity contribution >= 4 is 23.0 Å². The van der Waals surface area contributed by atoms with E-state index < -0.39 is 5.60 Å². The summed E-state index contributed by atoms with van der Waals surface area (Å²) in [6.07, 6.45) is 1.46. The maximum Gasteiger partial charge on any atom is 0.314 e. The Morgan fingerprint density at radius 3 is 2.83 bits per heavy atom. The van der Waals surface area contributed by atoms with Crippen LogP contribution in [-0.2, 0) is 16.0 Å². The Bertz CT molecular complexity index is 585. The van der Waals surface area contributed by atoms with E-state index in [2.05, 4.69) is 19.9 Å². The molecule has 0 fully saturated rings. The molecule has 0 unspecified atom stereocenters. The average Bonchev–Trinajstić information content (AvgIpc) is 2.62. The number of H-pyrrole nitrogens is 1. The number of nitrogens with two attached hydrogens (primary N) is 1. The maximum absolute atomic E-state index is 11.6. The normalized spacial score (nSPS) is 11.7. The Kier molecular flexibility index (Phi) is 2.90. The number of nitrogens with zero attached hydrogens (tertiary/aromatic N) is 3. The highest BCUT2D eigenvalue weighted by Crippen LogP contribution is 2.14. The maximum atomic E-state index is 11.6. The number of carbonyl (C=O) groups is 1. The van der Waals surface area contributed by atoms with Crippen LogP contribution >= 0.6 is 0 Å². The molecule has 96 valence electrons. The van der Waals surface area contributed by atoms with Crippen molar-refractivity contribution < 1.29 is 9.53 Å². The van der Waals surface area contributed by atoms with Crippen molar-refractivity contribution in [2.24, 2.45) is 0 Å². The SMILES string of the molecule is CC(C)(C)OC(=O)Cc1nc(N)c2nc[nH]c2n1. The number of hydrogen-bond donors (Lipinski definition) is 2. The highest BCUT2D eigenvalue weighted by atomic mass is 16.6. The molecule has 2 heterocycles. The van der Waals surface area contributed by atoms with Crippen LogP contribution in [0.5, 0.6) is 0 Å². The van der Waals surface area contributed by atoms with E-state index in [-0.39, 0.29) is 18.2 Å². The summed E-state index contributed by atoms with van der Waals surface area (Å²) in [4.78, 5) is 26.6. The van der Waals surface area contributed by atoms with Crippen LogP contribution in [0.15, 0.2) is 6.33 Å². The second-order valence-electron chi connectivity index (χ2n) is 4.89. The molecule has 0 aliphatic heterocycles. The molecule has 0 spiro atoms. The summed E-state index contributed by atoms with van der Waals surface area (Å²) < 4.78 is 5.19. The molecule has 0 aromatic carbocycles. The topological polar surface area (TPSA) is 107 Å². The van der Waals surface area contributed by atoms with Crippen LogP contribution < -0.4 is 5.73 Å². The molecule has 0 saturated heterocycles. The predicted molar refractivity (Wildman–Crippen MR) is 65.6 cm³/mol.